The molecule has 0 fully saturated rings. The van der Waals surface area contributed by atoms with Crippen LogP contribution in [0.25, 0.3) is 28.0 Å². The number of carbonyl (C=O) groups is 1. The van der Waals surface area contributed by atoms with E-state index >= 15 is 0 Å². The van der Waals surface area contributed by atoms with E-state index in [4.69, 9.17) is 5.21 Å². The fourth-order valence-electron chi connectivity index (χ4n) is 3.24. The van der Waals surface area contributed by atoms with Gasteiger partial charge in [-0.05, 0) is 50.2 Å². The highest BCUT2D eigenvalue weighted by Gasteiger charge is 2.15. The number of nitrogens with zero attached hydrogens (tertiary/aromatic N) is 5. The molecule has 0 saturated carbocycles. The Balaban J connectivity index is 1.95. The molecule has 1 amide bonds. The lowest BCUT2D eigenvalue weighted by Crippen LogP contribution is -2.07. The van der Waals surface area contributed by atoms with Gasteiger partial charge < -0.3 is 10.5 Å². The van der Waals surface area contributed by atoms with Crippen LogP contribution < -0.4 is 5.32 Å². The molecule has 0 aliphatic rings. The maximum Gasteiger partial charge on any atom is 0.221 e. The Morgan fingerprint density at radius 3 is 2.63 bits per heavy atom. The quantitative estimate of drug-likeness (QED) is 0.307. The van der Waals surface area contributed by atoms with E-state index in [-0.39, 0.29) is 5.91 Å². The zero-order chi connectivity index (χ0) is 21.3. The summed E-state index contributed by atoms with van der Waals surface area (Å²) in [5.74, 6) is 0.501. The van der Waals surface area contributed by atoms with Crippen molar-refractivity contribution in [2.45, 2.75) is 20.8 Å². The Morgan fingerprint density at radius 2 is 1.90 bits per heavy atom. The zero-order valence-corrected chi connectivity index (χ0v) is 16.8. The molecule has 0 radical (unpaired) electrons. The van der Waals surface area contributed by atoms with E-state index < -0.39 is 0 Å². The van der Waals surface area contributed by atoms with Crippen molar-refractivity contribution in [2.75, 3.05) is 5.32 Å². The Morgan fingerprint density at radius 1 is 1.10 bits per heavy atom. The highest BCUT2D eigenvalue weighted by atomic mass is 16.4. The summed E-state index contributed by atoms with van der Waals surface area (Å²) < 4.78 is 1.74. The van der Waals surface area contributed by atoms with Gasteiger partial charge in [-0.15, -0.1) is 0 Å². The first-order valence-corrected chi connectivity index (χ1v) is 9.36. The average Bonchev–Trinajstić information content (AvgIpc) is 3.17. The van der Waals surface area contributed by atoms with Crippen molar-refractivity contribution in [2.24, 2.45) is 5.16 Å². The largest absolute Gasteiger partial charge is 0.411 e. The van der Waals surface area contributed by atoms with Gasteiger partial charge >= 0.3 is 0 Å². The van der Waals surface area contributed by atoms with Gasteiger partial charge in [0.15, 0.2) is 5.82 Å². The number of fused-ring (bicyclic) bond motifs is 1. The standard InChI is InChI=1S/C22H20N6O2/c1-13-6-4-9-22(24-13)28-21-11-16(10-20(25-15(3)29)17(21)12-23-28)19-8-5-7-18(26-19)14(2)27-30/h4-12,30H,1-3H3,(H,25,29)/b27-14+. The van der Waals surface area contributed by atoms with E-state index in [0.717, 1.165) is 22.2 Å². The summed E-state index contributed by atoms with van der Waals surface area (Å²) in [6.07, 6.45) is 1.71. The molecule has 150 valence electrons. The molecule has 1 aromatic carbocycles. The number of oxime groups is 1. The van der Waals surface area contributed by atoms with Crippen LogP contribution in [0.3, 0.4) is 0 Å². The molecule has 0 saturated heterocycles. The van der Waals surface area contributed by atoms with E-state index in [2.05, 4.69) is 25.5 Å². The number of hydrogen-bond acceptors (Lipinski definition) is 6. The first-order valence-electron chi connectivity index (χ1n) is 9.36. The monoisotopic (exact) mass is 400 g/mol. The molecule has 8 nitrogen and oxygen atoms in total. The van der Waals surface area contributed by atoms with Gasteiger partial charge in [-0.2, -0.15) is 5.10 Å². The summed E-state index contributed by atoms with van der Waals surface area (Å²) in [6.45, 7) is 5.06. The lowest BCUT2D eigenvalue weighted by molar-refractivity contribution is -0.114. The van der Waals surface area contributed by atoms with Gasteiger partial charge in [0.25, 0.3) is 0 Å². The Kier molecular flexibility index (Phi) is 4.97. The summed E-state index contributed by atoms with van der Waals surface area (Å²) >= 11 is 0. The number of aromatic nitrogens is 4. The molecule has 3 aromatic heterocycles. The van der Waals surface area contributed by atoms with Gasteiger partial charge in [0.1, 0.15) is 5.71 Å². The number of carbonyl (C=O) groups excluding carboxylic acids is 1. The lowest BCUT2D eigenvalue weighted by atomic mass is 10.1. The smallest absolute Gasteiger partial charge is 0.221 e. The van der Waals surface area contributed by atoms with Crippen molar-refractivity contribution < 1.29 is 10.0 Å². The van der Waals surface area contributed by atoms with Crippen molar-refractivity contribution >= 4 is 28.2 Å². The van der Waals surface area contributed by atoms with E-state index in [0.29, 0.717) is 28.6 Å². The molecule has 0 spiro atoms. The predicted molar refractivity (Wildman–Crippen MR) is 115 cm³/mol. The summed E-state index contributed by atoms with van der Waals surface area (Å²) in [5.41, 5.74) is 4.73. The number of nitrogens with one attached hydrogen (secondary N) is 1. The van der Waals surface area contributed by atoms with Crippen LogP contribution in [0.5, 0.6) is 0 Å². The fourth-order valence-corrected chi connectivity index (χ4v) is 3.24. The first kappa shape index (κ1) is 19.3. The van der Waals surface area contributed by atoms with Crippen LogP contribution in [0.1, 0.15) is 25.2 Å². The van der Waals surface area contributed by atoms with Crippen LogP contribution in [-0.2, 0) is 4.79 Å². The molecular weight excluding hydrogens is 380 g/mol. The SMILES string of the molecule is CC(=O)Nc1cc(-c2cccc(/C(C)=N/O)n2)cc2c1cnn2-c1cccc(C)n1. The topological polar surface area (TPSA) is 105 Å². The second-order valence-corrected chi connectivity index (χ2v) is 6.92. The summed E-state index contributed by atoms with van der Waals surface area (Å²) in [5, 5.41) is 20.5. The Labute approximate surface area is 172 Å². The predicted octanol–water partition coefficient (Wildman–Crippen LogP) is 3.95. The highest BCUT2D eigenvalue weighted by Crippen LogP contribution is 2.31. The van der Waals surface area contributed by atoms with Gasteiger partial charge in [0, 0.05) is 23.6 Å². The number of hydrogen-bond donors (Lipinski definition) is 2. The Hall–Kier alpha value is -4.07. The maximum atomic E-state index is 11.8. The molecule has 30 heavy (non-hydrogen) atoms. The molecule has 0 bridgehead atoms. The molecule has 0 aliphatic heterocycles. The molecule has 2 N–H and O–H groups in total. The van der Waals surface area contributed by atoms with Gasteiger partial charge in [-0.25, -0.2) is 14.6 Å². The second-order valence-electron chi connectivity index (χ2n) is 6.92. The number of amides is 1. The van der Waals surface area contributed by atoms with E-state index in [9.17, 15) is 4.79 Å². The summed E-state index contributed by atoms with van der Waals surface area (Å²) in [6, 6.07) is 15.0. The maximum absolute atomic E-state index is 11.8. The number of benzene rings is 1. The molecule has 4 rings (SSSR count). The zero-order valence-electron chi connectivity index (χ0n) is 16.8. The molecule has 0 unspecified atom stereocenters. The molecule has 4 aromatic rings. The van der Waals surface area contributed by atoms with E-state index in [1.807, 2.05) is 49.4 Å². The molecule has 0 atom stereocenters. The lowest BCUT2D eigenvalue weighted by Gasteiger charge is -2.10. The minimum atomic E-state index is -0.181. The fraction of sp³-hybridized carbons (Fsp3) is 0.136. The third kappa shape index (κ3) is 3.62. The highest BCUT2D eigenvalue weighted by molar-refractivity contribution is 6.03. The molecule has 8 heteroatoms. The molecule has 3 heterocycles. The number of pyridine rings is 2. The van der Waals surface area contributed by atoms with E-state index in [1.54, 1.807) is 23.9 Å². The summed E-state index contributed by atoms with van der Waals surface area (Å²) in [7, 11) is 0. The Bertz CT molecular complexity index is 1290. The third-order valence-electron chi connectivity index (χ3n) is 4.66. The number of anilines is 1. The minimum Gasteiger partial charge on any atom is -0.411 e. The van der Waals surface area contributed by atoms with Gasteiger partial charge in [-0.1, -0.05) is 17.3 Å². The third-order valence-corrected chi connectivity index (χ3v) is 4.66. The van der Waals surface area contributed by atoms with Crippen LogP contribution in [0, 0.1) is 6.92 Å². The van der Waals surface area contributed by atoms with Crippen molar-refractivity contribution in [3.05, 3.63) is 66.1 Å². The first-order chi connectivity index (χ1) is 14.5. The number of aryl methyl sites for hydroxylation is 1. The van der Waals surface area contributed by atoms with Crippen LogP contribution in [-0.4, -0.2) is 36.6 Å². The van der Waals surface area contributed by atoms with Crippen molar-refractivity contribution in [3.63, 3.8) is 0 Å². The van der Waals surface area contributed by atoms with Crippen molar-refractivity contribution in [3.8, 4) is 17.1 Å². The average molecular weight is 400 g/mol. The minimum absolute atomic E-state index is 0.181. The summed E-state index contributed by atoms with van der Waals surface area (Å²) in [4.78, 5) is 21.0. The van der Waals surface area contributed by atoms with Gasteiger partial charge in [0.05, 0.1) is 28.8 Å². The van der Waals surface area contributed by atoms with Gasteiger partial charge in [0.2, 0.25) is 5.91 Å². The van der Waals surface area contributed by atoms with Crippen LogP contribution >= 0.6 is 0 Å². The van der Waals surface area contributed by atoms with Crippen LogP contribution in [0.15, 0.2) is 59.9 Å². The van der Waals surface area contributed by atoms with E-state index in [1.165, 1.54) is 6.92 Å². The number of rotatable bonds is 4. The van der Waals surface area contributed by atoms with Crippen molar-refractivity contribution in [1.82, 2.24) is 19.7 Å². The molecular formula is C22H20N6O2. The normalized spacial score (nSPS) is 11.6. The van der Waals surface area contributed by atoms with Crippen LogP contribution in [0.4, 0.5) is 5.69 Å². The van der Waals surface area contributed by atoms with Gasteiger partial charge in [-0.3, -0.25) is 4.79 Å². The van der Waals surface area contributed by atoms with Crippen molar-refractivity contribution in [1.29, 1.82) is 0 Å². The van der Waals surface area contributed by atoms with Crippen LogP contribution in [0.2, 0.25) is 0 Å². The second kappa shape index (κ2) is 7.75. The molecule has 0 aliphatic carbocycles.